The Balaban J connectivity index is 0.00000243. The third kappa shape index (κ3) is 4.43. The van der Waals surface area contributed by atoms with Crippen LogP contribution in [0.15, 0.2) is 18.2 Å². The van der Waals surface area contributed by atoms with Crippen LogP contribution in [0.1, 0.15) is 17.3 Å². The predicted molar refractivity (Wildman–Crippen MR) is 103 cm³/mol. The van der Waals surface area contributed by atoms with Gasteiger partial charge >= 0.3 is 0 Å². The number of nitrogens with zero attached hydrogens (tertiary/aromatic N) is 2. The van der Waals surface area contributed by atoms with Gasteiger partial charge in [0.25, 0.3) is 5.91 Å². The highest BCUT2D eigenvalue weighted by Gasteiger charge is 2.34. The topological polar surface area (TPSA) is 61.9 Å². The van der Waals surface area contributed by atoms with E-state index in [0.29, 0.717) is 49.9 Å². The highest BCUT2D eigenvalue weighted by Crippen LogP contribution is 2.26. The van der Waals surface area contributed by atoms with Crippen molar-refractivity contribution in [2.75, 3.05) is 39.3 Å². The van der Waals surface area contributed by atoms with Gasteiger partial charge in [0, 0.05) is 32.7 Å². The Morgan fingerprint density at radius 3 is 2.46 bits per heavy atom. The molecule has 2 heterocycles. The van der Waals surface area contributed by atoms with Crippen LogP contribution in [0.3, 0.4) is 0 Å². The molecule has 0 radical (unpaired) electrons. The van der Waals surface area contributed by atoms with Gasteiger partial charge in [0.05, 0.1) is 28.3 Å². The second-order valence-corrected chi connectivity index (χ2v) is 7.01. The summed E-state index contributed by atoms with van der Waals surface area (Å²) in [5.74, 6) is -0.132. The number of benzene rings is 1. The molecule has 2 atom stereocenters. The second kappa shape index (κ2) is 9.24. The molecular weight excluding hydrogens is 401 g/mol. The highest BCUT2D eigenvalue weighted by atomic mass is 35.5. The predicted octanol–water partition coefficient (Wildman–Crippen LogP) is 2.08. The molecule has 2 fully saturated rings. The lowest BCUT2D eigenvalue weighted by atomic mass is 10.1. The van der Waals surface area contributed by atoms with E-state index in [1.807, 2.05) is 6.92 Å². The van der Waals surface area contributed by atoms with Crippen molar-refractivity contribution in [2.24, 2.45) is 0 Å². The number of morpholine rings is 1. The van der Waals surface area contributed by atoms with E-state index in [4.69, 9.17) is 27.9 Å². The quantitative estimate of drug-likeness (QED) is 0.793. The summed E-state index contributed by atoms with van der Waals surface area (Å²) in [5.41, 5.74) is 0.393. The van der Waals surface area contributed by atoms with Gasteiger partial charge in [-0.15, -0.1) is 12.4 Å². The molecule has 26 heavy (non-hydrogen) atoms. The number of rotatable bonds is 2. The van der Waals surface area contributed by atoms with Crippen molar-refractivity contribution in [3.05, 3.63) is 33.8 Å². The molecule has 6 nitrogen and oxygen atoms in total. The molecule has 0 spiro atoms. The highest BCUT2D eigenvalue weighted by molar-refractivity contribution is 6.43. The first-order chi connectivity index (χ1) is 12.0. The molecule has 1 aromatic rings. The monoisotopic (exact) mass is 421 g/mol. The number of ether oxygens (including phenoxy) is 1. The Morgan fingerprint density at radius 1 is 1.15 bits per heavy atom. The first kappa shape index (κ1) is 21.3. The maximum atomic E-state index is 12.7. The van der Waals surface area contributed by atoms with E-state index >= 15 is 0 Å². The number of hydrogen-bond donors (Lipinski definition) is 1. The molecule has 9 heteroatoms. The van der Waals surface area contributed by atoms with Crippen molar-refractivity contribution in [3.8, 4) is 0 Å². The second-order valence-electron chi connectivity index (χ2n) is 6.23. The number of amides is 2. The number of piperazine rings is 1. The molecule has 2 aliphatic rings. The molecule has 0 unspecified atom stereocenters. The van der Waals surface area contributed by atoms with Gasteiger partial charge in [-0.1, -0.05) is 29.3 Å². The fraction of sp³-hybridized carbons (Fsp3) is 0.529. The summed E-state index contributed by atoms with van der Waals surface area (Å²) in [5, 5.41) is 3.84. The largest absolute Gasteiger partial charge is 0.375 e. The third-order valence-corrected chi connectivity index (χ3v) is 5.46. The number of nitrogens with one attached hydrogen (secondary N) is 1. The normalized spacial score (nSPS) is 23.3. The first-order valence-corrected chi connectivity index (χ1v) is 9.11. The first-order valence-electron chi connectivity index (χ1n) is 8.36. The van der Waals surface area contributed by atoms with E-state index in [-0.39, 0.29) is 41.4 Å². The number of hydrogen-bond acceptors (Lipinski definition) is 4. The van der Waals surface area contributed by atoms with Crippen molar-refractivity contribution in [1.82, 2.24) is 15.1 Å². The number of halogens is 3. The van der Waals surface area contributed by atoms with Crippen LogP contribution in [-0.2, 0) is 9.53 Å². The molecule has 3 rings (SSSR count). The van der Waals surface area contributed by atoms with Crippen LogP contribution < -0.4 is 5.32 Å². The van der Waals surface area contributed by atoms with Crippen LogP contribution in [-0.4, -0.2) is 73.1 Å². The number of carbonyl (C=O) groups is 2. The Morgan fingerprint density at radius 2 is 1.81 bits per heavy atom. The minimum absolute atomic E-state index is 0. The van der Waals surface area contributed by atoms with E-state index < -0.39 is 0 Å². The van der Waals surface area contributed by atoms with Gasteiger partial charge in [-0.3, -0.25) is 9.59 Å². The van der Waals surface area contributed by atoms with Crippen LogP contribution in [0, 0.1) is 0 Å². The van der Waals surface area contributed by atoms with Crippen molar-refractivity contribution in [1.29, 1.82) is 0 Å². The van der Waals surface area contributed by atoms with Crippen molar-refractivity contribution >= 4 is 47.4 Å². The Bertz CT molecular complexity index is 666. The molecule has 144 valence electrons. The molecule has 1 N–H and O–H groups in total. The standard InChI is InChI=1S/C17H21Cl2N3O3.ClH/c1-11-15(20-5-10-25-11)17(24)22-8-6-21(7-9-22)16(23)12-3-2-4-13(18)14(12)19;/h2-4,11,15,20H,5-10H2,1H3;1H/t11-,15+;/m1./s1. The van der Waals surface area contributed by atoms with E-state index in [1.54, 1.807) is 28.0 Å². The smallest absolute Gasteiger partial charge is 0.255 e. The Kier molecular flexibility index (Phi) is 7.55. The van der Waals surface area contributed by atoms with Crippen LogP contribution in [0.5, 0.6) is 0 Å². The van der Waals surface area contributed by atoms with E-state index in [1.165, 1.54) is 0 Å². The molecule has 0 aromatic heterocycles. The van der Waals surface area contributed by atoms with Crippen LogP contribution in [0.2, 0.25) is 10.0 Å². The fourth-order valence-electron chi connectivity index (χ4n) is 3.18. The maximum Gasteiger partial charge on any atom is 0.255 e. The minimum atomic E-state index is -0.321. The molecule has 2 saturated heterocycles. The fourth-order valence-corrected chi connectivity index (χ4v) is 3.56. The lowest BCUT2D eigenvalue weighted by Gasteiger charge is -2.38. The SMILES string of the molecule is C[C@H]1OCCN[C@@H]1C(=O)N1CCN(C(=O)c2cccc(Cl)c2Cl)CC1.Cl. The van der Waals surface area contributed by atoms with Gasteiger partial charge < -0.3 is 19.9 Å². The van der Waals surface area contributed by atoms with E-state index in [2.05, 4.69) is 5.32 Å². The molecule has 0 saturated carbocycles. The van der Waals surface area contributed by atoms with Gasteiger partial charge in [-0.25, -0.2) is 0 Å². The van der Waals surface area contributed by atoms with Crippen LogP contribution in [0.4, 0.5) is 0 Å². The van der Waals surface area contributed by atoms with Crippen molar-refractivity contribution in [2.45, 2.75) is 19.1 Å². The molecule has 0 bridgehead atoms. The molecular formula is C17H22Cl3N3O3. The summed E-state index contributed by atoms with van der Waals surface area (Å²) >= 11 is 12.1. The van der Waals surface area contributed by atoms with Crippen molar-refractivity contribution in [3.63, 3.8) is 0 Å². The molecule has 2 aliphatic heterocycles. The van der Waals surface area contributed by atoms with Gasteiger partial charge in [-0.2, -0.15) is 0 Å². The minimum Gasteiger partial charge on any atom is -0.375 e. The summed E-state index contributed by atoms with van der Waals surface area (Å²) in [6, 6.07) is 4.70. The van der Waals surface area contributed by atoms with E-state index in [0.717, 1.165) is 0 Å². The van der Waals surface area contributed by atoms with Crippen LogP contribution in [0.25, 0.3) is 0 Å². The van der Waals surface area contributed by atoms with Crippen molar-refractivity contribution < 1.29 is 14.3 Å². The lowest BCUT2D eigenvalue weighted by molar-refractivity contribution is -0.140. The Labute approximate surface area is 169 Å². The van der Waals surface area contributed by atoms with Gasteiger partial charge in [0.15, 0.2) is 0 Å². The summed E-state index contributed by atoms with van der Waals surface area (Å²) in [6.45, 7) is 5.11. The lowest BCUT2D eigenvalue weighted by Crippen LogP contribution is -2.60. The molecule has 2 amide bonds. The summed E-state index contributed by atoms with van der Waals surface area (Å²) < 4.78 is 5.54. The molecule has 0 aliphatic carbocycles. The van der Waals surface area contributed by atoms with Gasteiger partial charge in [0.1, 0.15) is 6.04 Å². The zero-order valence-corrected chi connectivity index (χ0v) is 16.7. The van der Waals surface area contributed by atoms with Crippen LogP contribution >= 0.6 is 35.6 Å². The summed E-state index contributed by atoms with van der Waals surface area (Å²) in [7, 11) is 0. The maximum absolute atomic E-state index is 12.7. The average molecular weight is 423 g/mol. The number of carbonyl (C=O) groups excluding carboxylic acids is 2. The zero-order chi connectivity index (χ0) is 18.0. The average Bonchev–Trinajstić information content (AvgIpc) is 2.63. The van der Waals surface area contributed by atoms with Gasteiger partial charge in [0.2, 0.25) is 5.91 Å². The Hall–Kier alpha value is -1.05. The summed E-state index contributed by atoms with van der Waals surface area (Å²) in [4.78, 5) is 28.8. The van der Waals surface area contributed by atoms with Gasteiger partial charge in [-0.05, 0) is 19.1 Å². The van der Waals surface area contributed by atoms with E-state index in [9.17, 15) is 9.59 Å². The summed E-state index contributed by atoms with van der Waals surface area (Å²) in [6.07, 6.45) is -0.147. The molecule has 1 aromatic carbocycles. The third-order valence-electron chi connectivity index (χ3n) is 4.64. The zero-order valence-electron chi connectivity index (χ0n) is 14.4.